The minimum Gasteiger partial charge on any atom is -0.306 e. The summed E-state index contributed by atoms with van der Waals surface area (Å²) in [7, 11) is 0. The molecule has 0 unspecified atom stereocenters. The van der Waals surface area contributed by atoms with E-state index in [4.69, 9.17) is 5.26 Å². The molecule has 0 saturated carbocycles. The van der Waals surface area contributed by atoms with Gasteiger partial charge in [-0.05, 0) is 42.7 Å². The van der Waals surface area contributed by atoms with Crippen molar-refractivity contribution in [1.29, 1.82) is 5.26 Å². The average molecular weight is 315 g/mol. The molecule has 0 atom stereocenters. The Kier molecular flexibility index (Phi) is 4.83. The van der Waals surface area contributed by atoms with Crippen LogP contribution in [0, 0.1) is 11.3 Å². The Labute approximate surface area is 140 Å². The fraction of sp³-hybridized carbons (Fsp3) is 0.150. The molecule has 0 fully saturated rings. The third kappa shape index (κ3) is 3.41. The van der Waals surface area contributed by atoms with Crippen molar-refractivity contribution in [3.8, 4) is 17.5 Å². The predicted octanol–water partition coefficient (Wildman–Crippen LogP) is 3.41. The molecule has 0 N–H and O–H groups in total. The van der Waals surface area contributed by atoms with Gasteiger partial charge in [-0.15, -0.1) is 0 Å². The number of aryl methyl sites for hydroxylation is 1. The molecule has 3 aromatic rings. The first-order valence-corrected chi connectivity index (χ1v) is 7.89. The molecule has 0 saturated heterocycles. The lowest BCUT2D eigenvalue weighted by Gasteiger charge is -2.13. The summed E-state index contributed by atoms with van der Waals surface area (Å²) in [5.74, 6) is 0. The van der Waals surface area contributed by atoms with E-state index in [0.717, 1.165) is 24.2 Å². The molecule has 0 bridgehead atoms. The Morgan fingerprint density at radius 3 is 2.50 bits per heavy atom. The monoisotopic (exact) mass is 315 g/mol. The first-order valence-electron chi connectivity index (χ1n) is 7.89. The molecule has 0 aliphatic carbocycles. The fourth-order valence-electron chi connectivity index (χ4n) is 2.71. The van der Waals surface area contributed by atoms with Crippen LogP contribution in [0.15, 0.2) is 71.7 Å². The number of nitriles is 1. The topological polar surface area (TPSA) is 58.7 Å². The average Bonchev–Trinajstić information content (AvgIpc) is 2.64. The lowest BCUT2D eigenvalue weighted by Crippen LogP contribution is -2.24. The number of hydrogen-bond acceptors (Lipinski definition) is 3. The molecule has 118 valence electrons. The van der Waals surface area contributed by atoms with Crippen molar-refractivity contribution in [1.82, 2.24) is 9.55 Å². The van der Waals surface area contributed by atoms with E-state index in [2.05, 4.69) is 17.1 Å². The zero-order valence-corrected chi connectivity index (χ0v) is 13.2. The summed E-state index contributed by atoms with van der Waals surface area (Å²) in [5.41, 5.74) is 2.62. The molecule has 0 aliphatic rings. The van der Waals surface area contributed by atoms with Crippen LogP contribution in [0.2, 0.25) is 0 Å². The number of aromatic nitrogens is 2. The lowest BCUT2D eigenvalue weighted by atomic mass is 10.1. The molecule has 0 amide bonds. The number of pyridine rings is 2. The maximum absolute atomic E-state index is 12.5. The maximum Gasteiger partial charge on any atom is 0.268 e. The molecule has 2 aromatic heterocycles. The van der Waals surface area contributed by atoms with E-state index in [1.54, 1.807) is 22.9 Å². The van der Waals surface area contributed by atoms with Gasteiger partial charge in [-0.25, -0.2) is 0 Å². The first-order chi connectivity index (χ1) is 11.8. The first kappa shape index (κ1) is 15.7. The van der Waals surface area contributed by atoms with E-state index in [-0.39, 0.29) is 11.1 Å². The summed E-state index contributed by atoms with van der Waals surface area (Å²) in [6.45, 7) is 0.551. The quantitative estimate of drug-likeness (QED) is 0.725. The second-order valence-corrected chi connectivity index (χ2v) is 5.50. The summed E-state index contributed by atoms with van der Waals surface area (Å²) in [5, 5.41) is 9.13. The zero-order chi connectivity index (χ0) is 16.8. The van der Waals surface area contributed by atoms with Crippen LogP contribution in [0.5, 0.6) is 0 Å². The summed E-state index contributed by atoms with van der Waals surface area (Å²) in [4.78, 5) is 16.9. The van der Waals surface area contributed by atoms with Crippen LogP contribution in [0.3, 0.4) is 0 Å². The molecule has 0 spiro atoms. The summed E-state index contributed by atoms with van der Waals surface area (Å²) >= 11 is 0. The second kappa shape index (κ2) is 7.38. The molecule has 4 heteroatoms. The summed E-state index contributed by atoms with van der Waals surface area (Å²) in [6, 6.07) is 21.1. The number of rotatable bonds is 5. The van der Waals surface area contributed by atoms with Crippen molar-refractivity contribution >= 4 is 0 Å². The van der Waals surface area contributed by atoms with Crippen LogP contribution < -0.4 is 5.56 Å². The highest BCUT2D eigenvalue weighted by atomic mass is 16.1. The van der Waals surface area contributed by atoms with Crippen molar-refractivity contribution in [2.45, 2.75) is 19.4 Å². The summed E-state index contributed by atoms with van der Waals surface area (Å²) in [6.07, 6.45) is 3.40. The van der Waals surface area contributed by atoms with Gasteiger partial charge in [-0.1, -0.05) is 36.4 Å². The molecule has 24 heavy (non-hydrogen) atoms. The minimum absolute atomic E-state index is 0.161. The van der Waals surface area contributed by atoms with Crippen molar-refractivity contribution in [3.63, 3.8) is 0 Å². The minimum atomic E-state index is -0.256. The Morgan fingerprint density at radius 2 is 1.79 bits per heavy atom. The Balaban J connectivity index is 1.90. The second-order valence-electron chi connectivity index (χ2n) is 5.50. The normalized spacial score (nSPS) is 10.3. The lowest BCUT2D eigenvalue weighted by molar-refractivity contribution is 0.626. The van der Waals surface area contributed by atoms with Gasteiger partial charge in [0.1, 0.15) is 11.6 Å². The third-order valence-corrected chi connectivity index (χ3v) is 3.91. The molecular formula is C20H17N3O. The molecule has 0 aliphatic heterocycles. The third-order valence-electron chi connectivity index (χ3n) is 3.91. The van der Waals surface area contributed by atoms with Crippen molar-refractivity contribution in [2.24, 2.45) is 0 Å². The standard InChI is InChI=1S/C20H17N3O/c21-15-17-11-12-19(18-10-4-5-13-22-18)23(20(17)24)14-6-9-16-7-2-1-3-8-16/h1-5,7-8,10-13H,6,9,14H2. The largest absolute Gasteiger partial charge is 0.306 e. The van der Waals surface area contributed by atoms with Gasteiger partial charge >= 0.3 is 0 Å². The molecule has 4 nitrogen and oxygen atoms in total. The van der Waals surface area contributed by atoms with Crippen LogP contribution in [-0.4, -0.2) is 9.55 Å². The van der Waals surface area contributed by atoms with Gasteiger partial charge < -0.3 is 4.57 Å². The molecule has 0 radical (unpaired) electrons. The van der Waals surface area contributed by atoms with Crippen molar-refractivity contribution in [3.05, 3.63) is 88.3 Å². The molecule has 2 heterocycles. The van der Waals surface area contributed by atoms with Crippen LogP contribution in [0.4, 0.5) is 0 Å². The van der Waals surface area contributed by atoms with Gasteiger partial charge in [0.15, 0.2) is 0 Å². The van der Waals surface area contributed by atoms with Gasteiger partial charge in [-0.3, -0.25) is 9.78 Å². The van der Waals surface area contributed by atoms with Gasteiger partial charge in [0.05, 0.1) is 11.4 Å². The number of nitrogens with zero attached hydrogens (tertiary/aromatic N) is 3. The zero-order valence-electron chi connectivity index (χ0n) is 13.2. The fourth-order valence-corrected chi connectivity index (χ4v) is 2.71. The van der Waals surface area contributed by atoms with E-state index < -0.39 is 0 Å². The van der Waals surface area contributed by atoms with E-state index in [0.29, 0.717) is 6.54 Å². The van der Waals surface area contributed by atoms with E-state index >= 15 is 0 Å². The Bertz CT molecular complexity index is 909. The van der Waals surface area contributed by atoms with E-state index in [1.807, 2.05) is 42.5 Å². The van der Waals surface area contributed by atoms with E-state index in [1.165, 1.54) is 5.56 Å². The Hall–Kier alpha value is -3.19. The molecular weight excluding hydrogens is 298 g/mol. The van der Waals surface area contributed by atoms with Gasteiger partial charge in [0, 0.05) is 12.7 Å². The van der Waals surface area contributed by atoms with Crippen LogP contribution in [-0.2, 0) is 13.0 Å². The summed E-state index contributed by atoms with van der Waals surface area (Å²) < 4.78 is 1.66. The number of hydrogen-bond donors (Lipinski definition) is 0. The SMILES string of the molecule is N#Cc1ccc(-c2ccccn2)n(CCCc2ccccc2)c1=O. The predicted molar refractivity (Wildman–Crippen MR) is 93.4 cm³/mol. The Morgan fingerprint density at radius 1 is 1.00 bits per heavy atom. The van der Waals surface area contributed by atoms with Gasteiger partial charge in [0.2, 0.25) is 0 Å². The highest BCUT2D eigenvalue weighted by Gasteiger charge is 2.11. The molecule has 1 aromatic carbocycles. The molecule has 3 rings (SSSR count). The highest BCUT2D eigenvalue weighted by molar-refractivity contribution is 5.55. The maximum atomic E-state index is 12.5. The van der Waals surface area contributed by atoms with Crippen LogP contribution >= 0.6 is 0 Å². The van der Waals surface area contributed by atoms with Gasteiger partial charge in [-0.2, -0.15) is 5.26 Å². The highest BCUT2D eigenvalue weighted by Crippen LogP contribution is 2.16. The number of benzene rings is 1. The van der Waals surface area contributed by atoms with Crippen molar-refractivity contribution in [2.75, 3.05) is 0 Å². The van der Waals surface area contributed by atoms with Gasteiger partial charge in [0.25, 0.3) is 5.56 Å². The van der Waals surface area contributed by atoms with E-state index in [9.17, 15) is 4.79 Å². The van der Waals surface area contributed by atoms with Crippen LogP contribution in [0.25, 0.3) is 11.4 Å². The van der Waals surface area contributed by atoms with Crippen LogP contribution in [0.1, 0.15) is 17.5 Å². The van der Waals surface area contributed by atoms with Crippen molar-refractivity contribution < 1.29 is 0 Å². The smallest absolute Gasteiger partial charge is 0.268 e.